The minimum atomic E-state index is -0.301. The van der Waals surface area contributed by atoms with Gasteiger partial charge in [-0.1, -0.05) is 19.3 Å². The van der Waals surface area contributed by atoms with Crippen molar-refractivity contribution >= 4 is 0 Å². The minimum Gasteiger partial charge on any atom is -0.390 e. The summed E-state index contributed by atoms with van der Waals surface area (Å²) in [5.41, 5.74) is -0.301. The van der Waals surface area contributed by atoms with E-state index in [1.807, 2.05) is 20.8 Å². The van der Waals surface area contributed by atoms with E-state index in [9.17, 15) is 5.11 Å². The molecule has 0 aromatic heterocycles. The van der Waals surface area contributed by atoms with Crippen molar-refractivity contribution < 1.29 is 9.84 Å². The molecule has 1 fully saturated rings. The van der Waals surface area contributed by atoms with Crippen LogP contribution < -0.4 is 0 Å². The van der Waals surface area contributed by atoms with Crippen LogP contribution in [0, 0.1) is 0 Å². The molecule has 0 radical (unpaired) electrons. The quantitative estimate of drug-likeness (QED) is 0.671. The summed E-state index contributed by atoms with van der Waals surface area (Å²) in [5.74, 6) is 0. The van der Waals surface area contributed by atoms with Crippen molar-refractivity contribution in [3.05, 3.63) is 0 Å². The van der Waals surface area contributed by atoms with Gasteiger partial charge in [0.2, 0.25) is 0 Å². The van der Waals surface area contributed by atoms with Crippen LogP contribution >= 0.6 is 0 Å². The highest BCUT2D eigenvalue weighted by Crippen LogP contribution is 2.31. The maximum atomic E-state index is 9.93. The van der Waals surface area contributed by atoms with Crippen LogP contribution in [0.1, 0.15) is 52.9 Å². The Bertz CT molecular complexity index is 156. The standard InChI is InChI=1S/C11H22O2/c1-9(2)13-11(3)8-6-4-5-7-10(11)12/h9-10,12H,4-8H2,1-3H3/t10-,11-/m0/s1. The van der Waals surface area contributed by atoms with E-state index in [0.29, 0.717) is 0 Å². The van der Waals surface area contributed by atoms with E-state index < -0.39 is 0 Å². The van der Waals surface area contributed by atoms with Gasteiger partial charge < -0.3 is 9.84 Å². The summed E-state index contributed by atoms with van der Waals surface area (Å²) in [6, 6.07) is 0. The fraction of sp³-hybridized carbons (Fsp3) is 1.00. The van der Waals surface area contributed by atoms with Crippen LogP contribution in [0.3, 0.4) is 0 Å². The van der Waals surface area contributed by atoms with Gasteiger partial charge in [-0.05, 0) is 33.6 Å². The predicted molar refractivity (Wildman–Crippen MR) is 53.7 cm³/mol. The van der Waals surface area contributed by atoms with Crippen molar-refractivity contribution in [3.8, 4) is 0 Å². The van der Waals surface area contributed by atoms with Gasteiger partial charge in [-0.15, -0.1) is 0 Å². The molecule has 0 spiro atoms. The average Bonchev–Trinajstić information content (AvgIpc) is 2.14. The monoisotopic (exact) mass is 186 g/mol. The molecule has 0 amide bonds. The Kier molecular flexibility index (Phi) is 3.74. The largest absolute Gasteiger partial charge is 0.390 e. The highest BCUT2D eigenvalue weighted by atomic mass is 16.5. The van der Waals surface area contributed by atoms with Crippen LogP contribution in [-0.2, 0) is 4.74 Å². The lowest BCUT2D eigenvalue weighted by molar-refractivity contribution is -0.139. The van der Waals surface area contributed by atoms with Crippen molar-refractivity contribution in [3.63, 3.8) is 0 Å². The van der Waals surface area contributed by atoms with Crippen molar-refractivity contribution in [2.45, 2.75) is 70.7 Å². The molecule has 1 N–H and O–H groups in total. The van der Waals surface area contributed by atoms with E-state index >= 15 is 0 Å². The maximum Gasteiger partial charge on any atom is 0.0915 e. The normalized spacial score (nSPS) is 36.2. The molecular weight excluding hydrogens is 164 g/mol. The molecule has 1 aliphatic carbocycles. The zero-order valence-electron chi connectivity index (χ0n) is 9.05. The number of ether oxygens (including phenoxy) is 1. The Morgan fingerprint density at radius 1 is 1.31 bits per heavy atom. The molecule has 1 saturated carbocycles. The lowest BCUT2D eigenvalue weighted by atomic mass is 9.93. The summed E-state index contributed by atoms with van der Waals surface area (Å²) in [6.07, 6.45) is 5.36. The number of aliphatic hydroxyl groups excluding tert-OH is 1. The van der Waals surface area contributed by atoms with E-state index in [-0.39, 0.29) is 17.8 Å². The van der Waals surface area contributed by atoms with Gasteiger partial charge in [-0.25, -0.2) is 0 Å². The second-order valence-electron chi connectivity index (χ2n) is 4.59. The smallest absolute Gasteiger partial charge is 0.0915 e. The molecule has 78 valence electrons. The number of rotatable bonds is 2. The molecule has 0 aromatic carbocycles. The van der Waals surface area contributed by atoms with Crippen LogP contribution in [0.15, 0.2) is 0 Å². The Morgan fingerprint density at radius 3 is 2.62 bits per heavy atom. The van der Waals surface area contributed by atoms with Gasteiger partial charge in [-0.2, -0.15) is 0 Å². The molecule has 1 aliphatic rings. The lowest BCUT2D eigenvalue weighted by Gasteiger charge is -2.35. The zero-order chi connectivity index (χ0) is 9.90. The predicted octanol–water partition coefficient (Wildman–Crippen LogP) is 2.50. The summed E-state index contributed by atoms with van der Waals surface area (Å²) in [7, 11) is 0. The van der Waals surface area contributed by atoms with Crippen LogP contribution in [-0.4, -0.2) is 22.9 Å². The Hall–Kier alpha value is -0.0800. The molecule has 0 unspecified atom stereocenters. The maximum absolute atomic E-state index is 9.93. The summed E-state index contributed by atoms with van der Waals surface area (Å²) < 4.78 is 5.82. The highest BCUT2D eigenvalue weighted by Gasteiger charge is 2.35. The Morgan fingerprint density at radius 2 is 2.00 bits per heavy atom. The minimum absolute atomic E-state index is 0.206. The van der Waals surface area contributed by atoms with Crippen LogP contribution in [0.5, 0.6) is 0 Å². The first-order valence-electron chi connectivity index (χ1n) is 5.40. The third-order valence-electron chi connectivity index (χ3n) is 2.86. The van der Waals surface area contributed by atoms with Gasteiger partial charge >= 0.3 is 0 Å². The topological polar surface area (TPSA) is 29.5 Å². The SMILES string of the molecule is CC(C)O[C@@]1(C)CCCCC[C@@H]1O. The molecule has 13 heavy (non-hydrogen) atoms. The van der Waals surface area contributed by atoms with Crippen molar-refractivity contribution in [1.29, 1.82) is 0 Å². The molecule has 1 rings (SSSR count). The summed E-state index contributed by atoms with van der Waals surface area (Å²) in [6.45, 7) is 6.11. The van der Waals surface area contributed by atoms with Crippen LogP contribution in [0.2, 0.25) is 0 Å². The molecular formula is C11H22O2. The van der Waals surface area contributed by atoms with Crippen molar-refractivity contribution in [2.75, 3.05) is 0 Å². The first-order chi connectivity index (χ1) is 6.04. The third kappa shape index (κ3) is 2.96. The Labute approximate surface area is 81.3 Å². The van der Waals surface area contributed by atoms with E-state index in [2.05, 4.69) is 0 Å². The number of hydrogen-bond donors (Lipinski definition) is 1. The van der Waals surface area contributed by atoms with Gasteiger partial charge in [0, 0.05) is 0 Å². The summed E-state index contributed by atoms with van der Waals surface area (Å²) in [5, 5.41) is 9.93. The number of hydrogen-bond acceptors (Lipinski definition) is 2. The fourth-order valence-corrected chi connectivity index (χ4v) is 2.14. The van der Waals surface area contributed by atoms with E-state index in [4.69, 9.17) is 4.74 Å². The molecule has 0 bridgehead atoms. The van der Waals surface area contributed by atoms with E-state index in [0.717, 1.165) is 19.3 Å². The molecule has 2 heteroatoms. The van der Waals surface area contributed by atoms with Gasteiger partial charge in [0.05, 0.1) is 17.8 Å². The van der Waals surface area contributed by atoms with Crippen LogP contribution in [0.4, 0.5) is 0 Å². The lowest BCUT2D eigenvalue weighted by Crippen LogP contribution is -2.43. The zero-order valence-corrected chi connectivity index (χ0v) is 9.05. The van der Waals surface area contributed by atoms with Gasteiger partial charge in [0.15, 0.2) is 0 Å². The molecule has 2 atom stereocenters. The Balaban J connectivity index is 2.59. The van der Waals surface area contributed by atoms with Crippen molar-refractivity contribution in [2.24, 2.45) is 0 Å². The first-order valence-corrected chi connectivity index (χ1v) is 5.40. The average molecular weight is 186 g/mol. The number of aliphatic hydroxyl groups is 1. The molecule has 0 aromatic rings. The van der Waals surface area contributed by atoms with Crippen LogP contribution in [0.25, 0.3) is 0 Å². The van der Waals surface area contributed by atoms with E-state index in [1.165, 1.54) is 12.8 Å². The fourth-order valence-electron chi connectivity index (χ4n) is 2.14. The molecule has 0 saturated heterocycles. The van der Waals surface area contributed by atoms with Crippen molar-refractivity contribution in [1.82, 2.24) is 0 Å². The molecule has 2 nitrogen and oxygen atoms in total. The molecule has 0 aliphatic heterocycles. The second-order valence-corrected chi connectivity index (χ2v) is 4.59. The summed E-state index contributed by atoms with van der Waals surface area (Å²) in [4.78, 5) is 0. The molecule has 0 heterocycles. The highest BCUT2D eigenvalue weighted by molar-refractivity contribution is 4.86. The summed E-state index contributed by atoms with van der Waals surface area (Å²) >= 11 is 0. The third-order valence-corrected chi connectivity index (χ3v) is 2.86. The van der Waals surface area contributed by atoms with Gasteiger partial charge in [-0.3, -0.25) is 0 Å². The second kappa shape index (κ2) is 4.43. The van der Waals surface area contributed by atoms with Gasteiger partial charge in [0.25, 0.3) is 0 Å². The van der Waals surface area contributed by atoms with Gasteiger partial charge in [0.1, 0.15) is 0 Å². The first kappa shape index (κ1) is 11.0. The van der Waals surface area contributed by atoms with E-state index in [1.54, 1.807) is 0 Å².